The fourth-order valence-corrected chi connectivity index (χ4v) is 4.85. The molecule has 0 spiro atoms. The van der Waals surface area contributed by atoms with Crippen molar-refractivity contribution in [3.8, 4) is 11.1 Å². The maximum atomic E-state index is 14.9. The van der Waals surface area contributed by atoms with Crippen LogP contribution in [0.25, 0.3) is 11.1 Å². The van der Waals surface area contributed by atoms with Crippen LogP contribution in [0, 0.1) is 5.82 Å². The molecular formula is C22H19ClFN5O3. The molecule has 2 amide bonds. The fourth-order valence-electron chi connectivity index (χ4n) is 4.58. The quantitative estimate of drug-likeness (QED) is 0.560. The molecule has 2 aliphatic heterocycles. The number of carbonyl (C=O) groups is 1. The maximum Gasteiger partial charge on any atom is 0.322 e. The molecule has 0 radical (unpaired) electrons. The van der Waals surface area contributed by atoms with Gasteiger partial charge in [-0.1, -0.05) is 11.6 Å². The molecule has 3 N–H and O–H groups in total. The van der Waals surface area contributed by atoms with Crippen LogP contribution in [-0.2, 0) is 13.0 Å². The monoisotopic (exact) mass is 455 g/mol. The molecule has 1 fully saturated rings. The summed E-state index contributed by atoms with van der Waals surface area (Å²) in [6.45, 7) is -0.195. The first-order chi connectivity index (χ1) is 15.4. The summed E-state index contributed by atoms with van der Waals surface area (Å²) in [5, 5.41) is 18.8. The minimum Gasteiger partial charge on any atom is -0.392 e. The van der Waals surface area contributed by atoms with Gasteiger partial charge in [-0.15, -0.1) is 0 Å². The van der Waals surface area contributed by atoms with Gasteiger partial charge in [-0.05, 0) is 48.6 Å². The summed E-state index contributed by atoms with van der Waals surface area (Å²) in [6.07, 6.45) is 5.07. The van der Waals surface area contributed by atoms with E-state index in [9.17, 15) is 19.1 Å². The number of amides is 2. The zero-order valence-corrected chi connectivity index (χ0v) is 17.6. The number of hydrogen-bond acceptors (Lipinski definition) is 5. The van der Waals surface area contributed by atoms with Crippen molar-refractivity contribution >= 4 is 23.3 Å². The number of hydrogen-bond donors (Lipinski definition) is 3. The van der Waals surface area contributed by atoms with Crippen molar-refractivity contribution < 1.29 is 14.3 Å². The van der Waals surface area contributed by atoms with E-state index < -0.39 is 11.8 Å². The number of aliphatic hydroxyl groups is 1. The molecule has 4 heterocycles. The molecule has 164 valence electrons. The number of aliphatic hydroxyl groups excluding tert-OH is 1. The van der Waals surface area contributed by atoms with Crippen LogP contribution in [0.15, 0.2) is 41.5 Å². The number of nitrogens with one attached hydrogen (secondary N) is 2. The van der Waals surface area contributed by atoms with Crippen molar-refractivity contribution in [2.24, 2.45) is 0 Å². The predicted molar refractivity (Wildman–Crippen MR) is 116 cm³/mol. The van der Waals surface area contributed by atoms with E-state index in [0.717, 1.165) is 18.4 Å². The zero-order chi connectivity index (χ0) is 22.4. The number of benzene rings is 1. The topological polar surface area (TPSA) is 111 Å². The normalized spacial score (nSPS) is 19.0. The molecular weight excluding hydrogens is 437 g/mol. The van der Waals surface area contributed by atoms with Gasteiger partial charge in [-0.25, -0.2) is 14.3 Å². The first-order valence-corrected chi connectivity index (χ1v) is 10.5. The van der Waals surface area contributed by atoms with Crippen molar-refractivity contribution in [2.75, 3.05) is 5.32 Å². The second-order valence-electron chi connectivity index (χ2n) is 7.98. The van der Waals surface area contributed by atoms with Crippen LogP contribution >= 0.6 is 11.6 Å². The van der Waals surface area contributed by atoms with Gasteiger partial charge in [0.2, 0.25) is 0 Å². The minimum atomic E-state index is -0.639. The van der Waals surface area contributed by atoms with Gasteiger partial charge in [-0.2, -0.15) is 5.10 Å². The van der Waals surface area contributed by atoms with Gasteiger partial charge in [0.25, 0.3) is 5.56 Å². The molecule has 2 aromatic heterocycles. The van der Waals surface area contributed by atoms with E-state index in [0.29, 0.717) is 28.8 Å². The Kier molecular flexibility index (Phi) is 5.15. The molecule has 5 rings (SSSR count). The Morgan fingerprint density at radius 2 is 2.12 bits per heavy atom. The Hall–Kier alpha value is -3.30. The lowest BCUT2D eigenvalue weighted by atomic mass is 9.99. The number of pyridine rings is 1. The lowest BCUT2D eigenvalue weighted by Gasteiger charge is -2.35. The number of rotatable bonds is 3. The average molecular weight is 456 g/mol. The minimum absolute atomic E-state index is 0.0327. The Bertz CT molecular complexity index is 1280. The van der Waals surface area contributed by atoms with E-state index in [1.54, 1.807) is 11.0 Å². The molecule has 2 bridgehead atoms. The molecule has 0 aliphatic carbocycles. The number of nitrogens with zero attached hydrogens (tertiary/aromatic N) is 3. The summed E-state index contributed by atoms with van der Waals surface area (Å²) in [6, 6.07) is 5.01. The SMILES string of the molecule is O=C(Nc1cc(Cl)c(-c2cncc(CO)c2)cc1F)N1C2CCC1c1n[nH]c(=O)cc1C2. The van der Waals surface area contributed by atoms with E-state index in [4.69, 9.17) is 11.6 Å². The van der Waals surface area contributed by atoms with Crippen LogP contribution < -0.4 is 10.9 Å². The van der Waals surface area contributed by atoms with Gasteiger partial charge in [0.1, 0.15) is 5.82 Å². The van der Waals surface area contributed by atoms with Gasteiger partial charge in [0.05, 0.1) is 29.1 Å². The first kappa shape index (κ1) is 20.6. The first-order valence-electron chi connectivity index (χ1n) is 10.2. The van der Waals surface area contributed by atoms with Gasteiger partial charge in [0, 0.05) is 35.6 Å². The van der Waals surface area contributed by atoms with E-state index in [1.165, 1.54) is 30.6 Å². The predicted octanol–water partition coefficient (Wildman–Crippen LogP) is 3.41. The second-order valence-corrected chi connectivity index (χ2v) is 8.39. The highest BCUT2D eigenvalue weighted by Crippen LogP contribution is 2.42. The number of anilines is 1. The summed E-state index contributed by atoms with van der Waals surface area (Å²) in [5.41, 5.74) is 2.77. The smallest absolute Gasteiger partial charge is 0.322 e. The van der Waals surface area contributed by atoms with E-state index >= 15 is 0 Å². The number of urea groups is 1. The van der Waals surface area contributed by atoms with Gasteiger partial charge < -0.3 is 15.3 Å². The van der Waals surface area contributed by atoms with Crippen molar-refractivity contribution in [3.63, 3.8) is 0 Å². The van der Waals surface area contributed by atoms with E-state index in [-0.39, 0.29) is 35.0 Å². The molecule has 3 aromatic rings. The lowest BCUT2D eigenvalue weighted by Crippen LogP contribution is -2.45. The Morgan fingerprint density at radius 3 is 2.94 bits per heavy atom. The summed E-state index contributed by atoms with van der Waals surface area (Å²) in [4.78, 5) is 30.4. The van der Waals surface area contributed by atoms with Crippen molar-refractivity contribution in [1.29, 1.82) is 0 Å². The van der Waals surface area contributed by atoms with Crippen LogP contribution in [0.5, 0.6) is 0 Å². The standard InChI is InChI=1S/C22H19ClFN5O3/c23-16-7-18(17(24)6-15(16)13-3-11(10-30)8-25-9-13)26-22(32)29-14-1-2-19(29)21-12(4-14)5-20(31)27-28-21/h3,5-9,14,19,30H,1-2,4,10H2,(H,26,32)(H,27,31). The largest absolute Gasteiger partial charge is 0.392 e. The zero-order valence-electron chi connectivity index (χ0n) is 16.8. The number of aromatic nitrogens is 3. The Labute approximate surface area is 187 Å². The molecule has 0 saturated carbocycles. The molecule has 32 heavy (non-hydrogen) atoms. The van der Waals surface area contributed by atoms with Crippen LogP contribution in [0.3, 0.4) is 0 Å². The van der Waals surface area contributed by atoms with Gasteiger partial charge in [-0.3, -0.25) is 9.78 Å². The summed E-state index contributed by atoms with van der Waals surface area (Å²) in [7, 11) is 0. The van der Waals surface area contributed by atoms with Crippen molar-refractivity contribution in [1.82, 2.24) is 20.1 Å². The number of aromatic amines is 1. The molecule has 2 atom stereocenters. The summed E-state index contributed by atoms with van der Waals surface area (Å²) in [5.74, 6) is -0.639. The van der Waals surface area contributed by atoms with Crippen molar-refractivity contribution in [3.05, 3.63) is 74.7 Å². The van der Waals surface area contributed by atoms with Gasteiger partial charge >= 0.3 is 6.03 Å². The number of halogens is 2. The molecule has 10 heteroatoms. The molecule has 2 unspecified atom stereocenters. The third kappa shape index (κ3) is 3.53. The van der Waals surface area contributed by atoms with E-state index in [1.807, 2.05) is 0 Å². The van der Waals surface area contributed by atoms with Crippen LogP contribution in [-0.4, -0.2) is 37.3 Å². The van der Waals surface area contributed by atoms with Crippen LogP contribution in [0.2, 0.25) is 5.02 Å². The third-order valence-corrected chi connectivity index (χ3v) is 6.33. The van der Waals surface area contributed by atoms with E-state index in [2.05, 4.69) is 20.5 Å². The Balaban J connectivity index is 1.41. The average Bonchev–Trinajstić information content (AvgIpc) is 3.11. The number of H-pyrrole nitrogens is 1. The highest BCUT2D eigenvalue weighted by atomic mass is 35.5. The Morgan fingerprint density at radius 1 is 1.28 bits per heavy atom. The van der Waals surface area contributed by atoms with Crippen molar-refractivity contribution in [2.45, 2.75) is 38.0 Å². The highest BCUT2D eigenvalue weighted by Gasteiger charge is 2.44. The molecule has 8 nitrogen and oxygen atoms in total. The molecule has 2 aliphatic rings. The third-order valence-electron chi connectivity index (χ3n) is 6.02. The highest BCUT2D eigenvalue weighted by molar-refractivity contribution is 6.33. The molecule has 1 saturated heterocycles. The molecule has 1 aromatic carbocycles. The number of fused-ring (bicyclic) bond motifs is 4. The lowest BCUT2D eigenvalue weighted by molar-refractivity contribution is 0.177. The second kappa shape index (κ2) is 7.99. The van der Waals surface area contributed by atoms with Gasteiger partial charge in [0.15, 0.2) is 0 Å². The fraction of sp³-hybridized carbons (Fsp3) is 0.273. The summed E-state index contributed by atoms with van der Waals surface area (Å²) < 4.78 is 14.9. The van der Waals surface area contributed by atoms with Crippen LogP contribution in [0.1, 0.15) is 35.7 Å². The summed E-state index contributed by atoms with van der Waals surface area (Å²) >= 11 is 6.39. The maximum absolute atomic E-state index is 14.9. The number of carbonyl (C=O) groups excluding carboxylic acids is 1. The van der Waals surface area contributed by atoms with Crippen LogP contribution in [0.4, 0.5) is 14.9 Å².